The van der Waals surface area contributed by atoms with E-state index in [0.29, 0.717) is 42.6 Å². The SMILES string of the molecule is Cc1nc2ccc(C(=O)N3CCCN(C(=O)C4CCCCC4)CC3)cc2o1. The van der Waals surface area contributed by atoms with Gasteiger partial charge >= 0.3 is 0 Å². The van der Waals surface area contributed by atoms with Crippen LogP contribution in [0.1, 0.15) is 54.8 Å². The van der Waals surface area contributed by atoms with E-state index in [1.807, 2.05) is 21.9 Å². The second-order valence-electron chi connectivity index (χ2n) is 7.72. The van der Waals surface area contributed by atoms with Crippen LogP contribution in [0.2, 0.25) is 0 Å². The molecule has 0 spiro atoms. The summed E-state index contributed by atoms with van der Waals surface area (Å²) < 4.78 is 5.55. The average Bonchev–Trinajstić information content (AvgIpc) is 2.90. The summed E-state index contributed by atoms with van der Waals surface area (Å²) in [5, 5.41) is 0. The molecule has 2 aromatic rings. The Morgan fingerprint density at radius 3 is 2.56 bits per heavy atom. The van der Waals surface area contributed by atoms with E-state index in [1.165, 1.54) is 19.3 Å². The smallest absolute Gasteiger partial charge is 0.254 e. The number of amides is 2. The topological polar surface area (TPSA) is 66.7 Å². The molecular formula is C21H27N3O3. The average molecular weight is 369 g/mol. The molecule has 1 aliphatic carbocycles. The predicted octanol–water partition coefficient (Wildman–Crippen LogP) is 3.39. The molecule has 6 nitrogen and oxygen atoms in total. The van der Waals surface area contributed by atoms with Gasteiger partial charge in [0.2, 0.25) is 5.91 Å². The molecule has 1 aromatic heterocycles. The van der Waals surface area contributed by atoms with Gasteiger partial charge in [-0.05, 0) is 37.5 Å². The maximum absolute atomic E-state index is 12.9. The summed E-state index contributed by atoms with van der Waals surface area (Å²) in [5.74, 6) is 1.08. The van der Waals surface area contributed by atoms with Gasteiger partial charge in [0.15, 0.2) is 11.5 Å². The minimum Gasteiger partial charge on any atom is -0.441 e. The third kappa shape index (κ3) is 3.84. The van der Waals surface area contributed by atoms with Crippen LogP contribution in [0, 0.1) is 12.8 Å². The number of carbonyl (C=O) groups is 2. The number of nitrogens with zero attached hydrogens (tertiary/aromatic N) is 3. The summed E-state index contributed by atoms with van der Waals surface area (Å²) in [6, 6.07) is 5.41. The Morgan fingerprint density at radius 1 is 1.00 bits per heavy atom. The number of carbonyl (C=O) groups excluding carboxylic acids is 2. The Bertz CT molecular complexity index is 838. The lowest BCUT2D eigenvalue weighted by Crippen LogP contribution is -2.40. The Hall–Kier alpha value is -2.37. The highest BCUT2D eigenvalue weighted by atomic mass is 16.3. The molecule has 1 saturated heterocycles. The van der Waals surface area contributed by atoms with E-state index >= 15 is 0 Å². The van der Waals surface area contributed by atoms with Crippen molar-refractivity contribution >= 4 is 22.9 Å². The van der Waals surface area contributed by atoms with E-state index in [0.717, 1.165) is 31.3 Å². The first-order valence-electron chi connectivity index (χ1n) is 10.1. The summed E-state index contributed by atoms with van der Waals surface area (Å²) in [4.78, 5) is 33.9. The summed E-state index contributed by atoms with van der Waals surface area (Å²) in [6.07, 6.45) is 6.45. The Kier molecular flexibility index (Phi) is 5.14. The molecule has 2 aliphatic rings. The van der Waals surface area contributed by atoms with Crippen LogP contribution in [-0.2, 0) is 4.79 Å². The van der Waals surface area contributed by atoms with Gasteiger partial charge in [0.05, 0.1) is 0 Å². The summed E-state index contributed by atoms with van der Waals surface area (Å²) in [7, 11) is 0. The monoisotopic (exact) mass is 369 g/mol. The van der Waals surface area contributed by atoms with Crippen molar-refractivity contribution in [3.05, 3.63) is 29.7 Å². The highest BCUT2D eigenvalue weighted by Gasteiger charge is 2.28. The third-order valence-electron chi connectivity index (χ3n) is 5.79. The number of rotatable bonds is 2. The lowest BCUT2D eigenvalue weighted by atomic mass is 9.88. The molecule has 4 rings (SSSR count). The zero-order valence-electron chi connectivity index (χ0n) is 15.9. The predicted molar refractivity (Wildman–Crippen MR) is 102 cm³/mol. The second kappa shape index (κ2) is 7.71. The van der Waals surface area contributed by atoms with E-state index < -0.39 is 0 Å². The van der Waals surface area contributed by atoms with Gasteiger partial charge in [-0.1, -0.05) is 19.3 Å². The van der Waals surface area contributed by atoms with Gasteiger partial charge in [-0.2, -0.15) is 0 Å². The number of benzene rings is 1. The van der Waals surface area contributed by atoms with Crippen molar-refractivity contribution in [1.29, 1.82) is 0 Å². The van der Waals surface area contributed by atoms with Crippen LogP contribution in [-0.4, -0.2) is 52.8 Å². The molecule has 2 amide bonds. The van der Waals surface area contributed by atoms with Gasteiger partial charge in [-0.3, -0.25) is 9.59 Å². The van der Waals surface area contributed by atoms with E-state index in [1.54, 1.807) is 13.0 Å². The number of aromatic nitrogens is 1. The van der Waals surface area contributed by atoms with Crippen molar-refractivity contribution in [2.45, 2.75) is 45.4 Å². The molecular weight excluding hydrogens is 342 g/mol. The van der Waals surface area contributed by atoms with Gasteiger partial charge < -0.3 is 14.2 Å². The van der Waals surface area contributed by atoms with Gasteiger partial charge in [0, 0.05) is 44.6 Å². The maximum atomic E-state index is 12.9. The Morgan fingerprint density at radius 2 is 1.74 bits per heavy atom. The number of aryl methyl sites for hydroxylation is 1. The molecule has 0 N–H and O–H groups in total. The number of hydrogen-bond acceptors (Lipinski definition) is 4. The molecule has 0 radical (unpaired) electrons. The lowest BCUT2D eigenvalue weighted by Gasteiger charge is -2.28. The van der Waals surface area contributed by atoms with Crippen LogP contribution < -0.4 is 0 Å². The fourth-order valence-corrected chi connectivity index (χ4v) is 4.30. The lowest BCUT2D eigenvalue weighted by molar-refractivity contribution is -0.136. The van der Waals surface area contributed by atoms with Crippen LogP contribution >= 0.6 is 0 Å². The molecule has 144 valence electrons. The maximum Gasteiger partial charge on any atom is 0.254 e. The van der Waals surface area contributed by atoms with Gasteiger partial charge in [0.25, 0.3) is 5.91 Å². The minimum absolute atomic E-state index is 0.00193. The zero-order valence-corrected chi connectivity index (χ0v) is 15.9. The first kappa shape index (κ1) is 18.0. The highest BCUT2D eigenvalue weighted by Crippen LogP contribution is 2.26. The first-order valence-corrected chi connectivity index (χ1v) is 10.1. The van der Waals surface area contributed by atoms with Gasteiger partial charge in [-0.15, -0.1) is 0 Å². The van der Waals surface area contributed by atoms with Crippen LogP contribution in [0.15, 0.2) is 22.6 Å². The molecule has 2 heterocycles. The third-order valence-corrected chi connectivity index (χ3v) is 5.79. The fourth-order valence-electron chi connectivity index (χ4n) is 4.30. The number of fused-ring (bicyclic) bond motifs is 1. The van der Waals surface area contributed by atoms with E-state index in [2.05, 4.69) is 4.98 Å². The fraction of sp³-hybridized carbons (Fsp3) is 0.571. The van der Waals surface area contributed by atoms with Crippen molar-refractivity contribution in [3.8, 4) is 0 Å². The van der Waals surface area contributed by atoms with E-state index in [4.69, 9.17) is 4.42 Å². The highest BCUT2D eigenvalue weighted by molar-refractivity contribution is 5.97. The molecule has 1 saturated carbocycles. The van der Waals surface area contributed by atoms with Crippen molar-refractivity contribution in [1.82, 2.24) is 14.8 Å². The molecule has 0 unspecified atom stereocenters. The van der Waals surface area contributed by atoms with Crippen molar-refractivity contribution in [2.24, 2.45) is 5.92 Å². The molecule has 0 atom stereocenters. The van der Waals surface area contributed by atoms with Crippen LogP contribution in [0.3, 0.4) is 0 Å². The van der Waals surface area contributed by atoms with Crippen LogP contribution in [0.25, 0.3) is 11.1 Å². The summed E-state index contributed by atoms with van der Waals surface area (Å²) in [6.45, 7) is 4.45. The zero-order chi connectivity index (χ0) is 18.8. The quantitative estimate of drug-likeness (QED) is 0.814. The van der Waals surface area contributed by atoms with Crippen LogP contribution in [0.4, 0.5) is 0 Å². The molecule has 6 heteroatoms. The number of hydrogen-bond donors (Lipinski definition) is 0. The standard InChI is InChI=1S/C21H27N3O3/c1-15-22-18-9-8-17(14-19(18)27-15)21(26)24-11-5-10-23(12-13-24)20(25)16-6-3-2-4-7-16/h8-9,14,16H,2-7,10-13H2,1H3. The first-order chi connectivity index (χ1) is 13.1. The van der Waals surface area contributed by atoms with Crippen molar-refractivity contribution in [2.75, 3.05) is 26.2 Å². The molecule has 1 aliphatic heterocycles. The molecule has 27 heavy (non-hydrogen) atoms. The van der Waals surface area contributed by atoms with E-state index in [9.17, 15) is 9.59 Å². The Labute approximate surface area is 159 Å². The Balaban J connectivity index is 1.42. The summed E-state index contributed by atoms with van der Waals surface area (Å²) in [5.41, 5.74) is 2.03. The molecule has 0 bridgehead atoms. The normalized spacial score (nSPS) is 19.3. The second-order valence-corrected chi connectivity index (χ2v) is 7.72. The van der Waals surface area contributed by atoms with Gasteiger partial charge in [0.1, 0.15) is 5.52 Å². The van der Waals surface area contributed by atoms with Gasteiger partial charge in [-0.25, -0.2) is 4.98 Å². The van der Waals surface area contributed by atoms with E-state index in [-0.39, 0.29) is 11.8 Å². The van der Waals surface area contributed by atoms with Crippen molar-refractivity contribution in [3.63, 3.8) is 0 Å². The van der Waals surface area contributed by atoms with Crippen LogP contribution in [0.5, 0.6) is 0 Å². The molecule has 1 aromatic carbocycles. The number of oxazole rings is 1. The molecule has 2 fully saturated rings. The summed E-state index contributed by atoms with van der Waals surface area (Å²) >= 11 is 0. The largest absolute Gasteiger partial charge is 0.441 e. The minimum atomic E-state index is -0.00193. The van der Waals surface area contributed by atoms with Crippen molar-refractivity contribution < 1.29 is 14.0 Å².